The number of carbonyl (C=O) groups is 1. The number of hydrogen-bond acceptors (Lipinski definition) is 4. The maximum atomic E-state index is 11.9. The molecule has 0 aliphatic carbocycles. The number of fused-ring (bicyclic) bond motifs is 1. The van der Waals surface area contributed by atoms with Gasteiger partial charge < -0.3 is 20.1 Å². The second-order valence-corrected chi connectivity index (χ2v) is 5.33. The summed E-state index contributed by atoms with van der Waals surface area (Å²) in [7, 11) is 0. The van der Waals surface area contributed by atoms with E-state index in [9.17, 15) is 4.79 Å². The third-order valence-corrected chi connectivity index (χ3v) is 3.90. The van der Waals surface area contributed by atoms with Crippen LogP contribution in [0.1, 0.15) is 24.8 Å². The van der Waals surface area contributed by atoms with Crippen LogP contribution in [0, 0.1) is 5.92 Å². The monoisotopic (exact) mass is 312 g/mol. The van der Waals surface area contributed by atoms with Gasteiger partial charge in [0.05, 0.1) is 0 Å². The van der Waals surface area contributed by atoms with Crippen molar-refractivity contribution in [2.75, 3.05) is 19.9 Å². The van der Waals surface area contributed by atoms with Crippen molar-refractivity contribution in [2.45, 2.75) is 25.8 Å². The Labute approximate surface area is 130 Å². The Morgan fingerprint density at radius 3 is 3.10 bits per heavy atom. The lowest BCUT2D eigenvalue weighted by Gasteiger charge is -2.10. The molecule has 2 aliphatic heterocycles. The molecule has 1 fully saturated rings. The van der Waals surface area contributed by atoms with Gasteiger partial charge in [0.2, 0.25) is 12.7 Å². The van der Waals surface area contributed by atoms with E-state index in [1.165, 1.54) is 6.42 Å². The summed E-state index contributed by atoms with van der Waals surface area (Å²) < 4.78 is 10.7. The molecule has 1 atom stereocenters. The van der Waals surface area contributed by atoms with Crippen LogP contribution in [-0.4, -0.2) is 25.8 Å². The third-order valence-electron chi connectivity index (χ3n) is 3.90. The Morgan fingerprint density at radius 1 is 1.38 bits per heavy atom. The number of halogens is 1. The Morgan fingerprint density at radius 2 is 2.29 bits per heavy atom. The fourth-order valence-corrected chi connectivity index (χ4v) is 2.71. The van der Waals surface area contributed by atoms with Crippen LogP contribution in [0.2, 0.25) is 0 Å². The zero-order chi connectivity index (χ0) is 13.8. The molecule has 1 unspecified atom stereocenters. The van der Waals surface area contributed by atoms with E-state index >= 15 is 0 Å². The molecule has 0 spiro atoms. The molecule has 0 bridgehead atoms. The first kappa shape index (κ1) is 15.9. The van der Waals surface area contributed by atoms with E-state index in [4.69, 9.17) is 9.47 Å². The van der Waals surface area contributed by atoms with Crippen molar-refractivity contribution < 1.29 is 14.3 Å². The van der Waals surface area contributed by atoms with Crippen molar-refractivity contribution in [1.29, 1.82) is 0 Å². The van der Waals surface area contributed by atoms with Crippen LogP contribution in [0.25, 0.3) is 0 Å². The molecule has 1 amide bonds. The van der Waals surface area contributed by atoms with Gasteiger partial charge in [-0.25, -0.2) is 0 Å². The first-order valence-corrected chi connectivity index (χ1v) is 7.18. The lowest BCUT2D eigenvalue weighted by molar-refractivity contribution is -0.121. The Kier molecular flexibility index (Phi) is 5.70. The van der Waals surface area contributed by atoms with Crippen LogP contribution in [0.4, 0.5) is 0 Å². The quantitative estimate of drug-likeness (QED) is 0.871. The molecule has 116 valence electrons. The number of benzene rings is 1. The zero-order valence-corrected chi connectivity index (χ0v) is 12.7. The number of rotatable bonds is 5. The number of amides is 1. The molecule has 1 saturated heterocycles. The van der Waals surface area contributed by atoms with Crippen molar-refractivity contribution in [3.8, 4) is 11.5 Å². The molecule has 2 N–H and O–H groups in total. The summed E-state index contributed by atoms with van der Waals surface area (Å²) in [5.41, 5.74) is 0.968. The predicted octanol–water partition coefficient (Wildman–Crippen LogP) is 1.84. The van der Waals surface area contributed by atoms with Gasteiger partial charge in [-0.3, -0.25) is 4.79 Å². The van der Waals surface area contributed by atoms with Crippen LogP contribution in [0.5, 0.6) is 11.5 Å². The van der Waals surface area contributed by atoms with E-state index in [1.807, 2.05) is 18.2 Å². The van der Waals surface area contributed by atoms with E-state index in [1.54, 1.807) is 0 Å². The highest BCUT2D eigenvalue weighted by atomic mass is 35.5. The van der Waals surface area contributed by atoms with Gasteiger partial charge in [-0.1, -0.05) is 12.1 Å². The molecule has 1 aromatic carbocycles. The average molecular weight is 313 g/mol. The summed E-state index contributed by atoms with van der Waals surface area (Å²) in [6, 6.07) is 5.74. The molecule has 0 aromatic heterocycles. The lowest BCUT2D eigenvalue weighted by atomic mass is 10.0. The standard InChI is InChI=1S/C15H20N2O3.ClH/c18-14(5-4-11-6-7-16-8-11)17-9-12-2-1-3-13-15(12)20-10-19-13;/h1-3,11,16H,4-10H2,(H,17,18);1H. The molecule has 1 aromatic rings. The molecular formula is C15H21ClN2O3. The molecule has 5 nitrogen and oxygen atoms in total. The molecule has 21 heavy (non-hydrogen) atoms. The fraction of sp³-hybridized carbons (Fsp3) is 0.533. The largest absolute Gasteiger partial charge is 0.454 e. The molecular weight excluding hydrogens is 292 g/mol. The topological polar surface area (TPSA) is 59.6 Å². The van der Waals surface area contributed by atoms with Gasteiger partial charge in [-0.2, -0.15) is 0 Å². The van der Waals surface area contributed by atoms with Crippen LogP contribution in [0.15, 0.2) is 18.2 Å². The van der Waals surface area contributed by atoms with Gasteiger partial charge in [0, 0.05) is 18.5 Å². The second kappa shape index (κ2) is 7.52. The van der Waals surface area contributed by atoms with E-state index in [0.29, 0.717) is 18.9 Å². The molecule has 0 radical (unpaired) electrons. The highest BCUT2D eigenvalue weighted by Crippen LogP contribution is 2.35. The second-order valence-electron chi connectivity index (χ2n) is 5.33. The number of para-hydroxylation sites is 1. The number of nitrogens with one attached hydrogen (secondary N) is 2. The van der Waals surface area contributed by atoms with Crippen LogP contribution in [0.3, 0.4) is 0 Å². The highest BCUT2D eigenvalue weighted by molar-refractivity contribution is 5.85. The molecule has 2 heterocycles. The van der Waals surface area contributed by atoms with Crippen molar-refractivity contribution in [1.82, 2.24) is 10.6 Å². The minimum absolute atomic E-state index is 0. The maximum Gasteiger partial charge on any atom is 0.231 e. The van der Waals surface area contributed by atoms with Crippen LogP contribution < -0.4 is 20.1 Å². The normalized spacial score (nSPS) is 19.1. The summed E-state index contributed by atoms with van der Waals surface area (Å²) in [6.07, 6.45) is 2.74. The minimum Gasteiger partial charge on any atom is -0.454 e. The van der Waals surface area contributed by atoms with Gasteiger partial charge in [-0.15, -0.1) is 12.4 Å². The predicted molar refractivity (Wildman–Crippen MR) is 81.9 cm³/mol. The summed E-state index contributed by atoms with van der Waals surface area (Å²) in [6.45, 7) is 2.88. The van der Waals surface area contributed by atoms with Crippen molar-refractivity contribution in [2.24, 2.45) is 5.92 Å². The SMILES string of the molecule is Cl.O=C(CCC1CCNC1)NCc1cccc2c1OCO2. The summed E-state index contributed by atoms with van der Waals surface area (Å²) in [5, 5.41) is 6.28. The Bertz CT molecular complexity index is 490. The summed E-state index contributed by atoms with van der Waals surface area (Å²) in [4.78, 5) is 11.9. The first-order valence-electron chi connectivity index (χ1n) is 7.18. The van der Waals surface area contributed by atoms with Crippen LogP contribution >= 0.6 is 12.4 Å². The Hall–Kier alpha value is -1.46. The van der Waals surface area contributed by atoms with E-state index < -0.39 is 0 Å². The lowest BCUT2D eigenvalue weighted by Crippen LogP contribution is -2.23. The van der Waals surface area contributed by atoms with Crippen molar-refractivity contribution in [3.05, 3.63) is 23.8 Å². The smallest absolute Gasteiger partial charge is 0.231 e. The van der Waals surface area contributed by atoms with E-state index in [0.717, 1.165) is 36.6 Å². The van der Waals surface area contributed by atoms with Gasteiger partial charge in [0.15, 0.2) is 11.5 Å². The summed E-state index contributed by atoms with van der Waals surface area (Å²) in [5.74, 6) is 2.27. The number of ether oxygens (including phenoxy) is 2. The van der Waals surface area contributed by atoms with Gasteiger partial charge in [0.1, 0.15) is 0 Å². The van der Waals surface area contributed by atoms with Crippen LogP contribution in [-0.2, 0) is 11.3 Å². The van der Waals surface area contributed by atoms with Gasteiger partial charge >= 0.3 is 0 Å². The molecule has 0 saturated carbocycles. The first-order chi connectivity index (χ1) is 9.83. The average Bonchev–Trinajstić information content (AvgIpc) is 3.13. The third kappa shape index (κ3) is 4.02. The van der Waals surface area contributed by atoms with Crippen molar-refractivity contribution in [3.63, 3.8) is 0 Å². The summed E-state index contributed by atoms with van der Waals surface area (Å²) >= 11 is 0. The molecule has 2 aliphatic rings. The number of hydrogen-bond donors (Lipinski definition) is 2. The number of carbonyl (C=O) groups excluding carboxylic acids is 1. The van der Waals surface area contributed by atoms with Crippen molar-refractivity contribution >= 4 is 18.3 Å². The van der Waals surface area contributed by atoms with E-state index in [2.05, 4.69) is 10.6 Å². The minimum atomic E-state index is 0. The van der Waals surface area contributed by atoms with Gasteiger partial charge in [0.25, 0.3) is 0 Å². The zero-order valence-electron chi connectivity index (χ0n) is 11.9. The van der Waals surface area contributed by atoms with E-state index in [-0.39, 0.29) is 25.1 Å². The fourth-order valence-electron chi connectivity index (χ4n) is 2.71. The molecule has 3 rings (SSSR count). The maximum absolute atomic E-state index is 11.9. The molecule has 6 heteroatoms. The highest BCUT2D eigenvalue weighted by Gasteiger charge is 2.18. The van der Waals surface area contributed by atoms with Gasteiger partial charge in [-0.05, 0) is 37.9 Å². The Balaban J connectivity index is 0.00000161.